The van der Waals surface area contributed by atoms with Crippen molar-refractivity contribution in [3.05, 3.63) is 35.4 Å². The third-order valence-electron chi connectivity index (χ3n) is 4.15. The molecule has 0 radical (unpaired) electrons. The second-order valence-electron chi connectivity index (χ2n) is 5.90. The van der Waals surface area contributed by atoms with Crippen molar-refractivity contribution in [3.8, 4) is 0 Å². The zero-order chi connectivity index (χ0) is 15.2. The number of aliphatic carboxylic acids is 1. The van der Waals surface area contributed by atoms with Crippen molar-refractivity contribution < 1.29 is 14.7 Å². The Bertz CT molecular complexity index is 489. The van der Waals surface area contributed by atoms with Gasteiger partial charge in [0.15, 0.2) is 0 Å². The van der Waals surface area contributed by atoms with Gasteiger partial charge in [-0.1, -0.05) is 49.1 Å². The summed E-state index contributed by atoms with van der Waals surface area (Å²) in [5.41, 5.74) is 1.97. The molecule has 0 saturated heterocycles. The van der Waals surface area contributed by atoms with E-state index in [4.69, 9.17) is 5.11 Å². The van der Waals surface area contributed by atoms with Gasteiger partial charge in [0, 0.05) is 5.92 Å². The number of aryl methyl sites for hydroxylation is 1. The number of carboxylic acid groups (broad SMARTS) is 1. The lowest BCUT2D eigenvalue weighted by Crippen LogP contribution is -2.35. The SMILES string of the molecule is Cc1ccc(C(CC(=O)O)NC(=O)C2CCCCC2)cc1. The summed E-state index contributed by atoms with van der Waals surface area (Å²) >= 11 is 0. The number of carbonyl (C=O) groups is 2. The summed E-state index contributed by atoms with van der Waals surface area (Å²) in [6.07, 6.45) is 5.12. The van der Waals surface area contributed by atoms with Crippen LogP contribution in [-0.4, -0.2) is 17.0 Å². The second-order valence-corrected chi connectivity index (χ2v) is 5.90. The van der Waals surface area contributed by atoms with Crippen LogP contribution in [0.2, 0.25) is 0 Å². The summed E-state index contributed by atoms with van der Waals surface area (Å²) in [6, 6.07) is 7.22. The molecule has 1 atom stereocenters. The molecule has 1 unspecified atom stereocenters. The van der Waals surface area contributed by atoms with E-state index in [2.05, 4.69) is 5.32 Å². The Morgan fingerprint density at radius 2 is 1.81 bits per heavy atom. The Hall–Kier alpha value is -1.84. The standard InChI is InChI=1S/C17H23NO3/c1-12-7-9-13(10-8-12)15(11-16(19)20)18-17(21)14-5-3-2-4-6-14/h7-10,14-15H,2-6,11H2,1H3,(H,18,21)(H,19,20). The van der Waals surface area contributed by atoms with E-state index in [0.717, 1.165) is 36.8 Å². The summed E-state index contributed by atoms with van der Waals surface area (Å²) in [5, 5.41) is 12.0. The van der Waals surface area contributed by atoms with Crippen LogP contribution in [0.3, 0.4) is 0 Å². The first kappa shape index (κ1) is 15.5. The highest BCUT2D eigenvalue weighted by atomic mass is 16.4. The molecule has 1 aromatic rings. The highest BCUT2D eigenvalue weighted by Gasteiger charge is 2.25. The minimum absolute atomic E-state index is 0.00141. The molecule has 0 aliphatic heterocycles. The lowest BCUT2D eigenvalue weighted by atomic mass is 9.88. The Labute approximate surface area is 125 Å². The minimum atomic E-state index is -0.899. The highest BCUT2D eigenvalue weighted by molar-refractivity contribution is 5.80. The highest BCUT2D eigenvalue weighted by Crippen LogP contribution is 2.25. The number of benzene rings is 1. The van der Waals surface area contributed by atoms with Crippen molar-refractivity contribution in [2.75, 3.05) is 0 Å². The molecule has 1 fully saturated rings. The van der Waals surface area contributed by atoms with Gasteiger partial charge in [-0.25, -0.2) is 0 Å². The molecule has 1 saturated carbocycles. The van der Waals surface area contributed by atoms with E-state index in [9.17, 15) is 9.59 Å². The Morgan fingerprint density at radius 3 is 2.38 bits per heavy atom. The van der Waals surface area contributed by atoms with Gasteiger partial charge in [0.25, 0.3) is 0 Å². The first-order valence-electron chi connectivity index (χ1n) is 7.65. The predicted octanol–water partition coefficient (Wildman–Crippen LogP) is 3.21. The monoisotopic (exact) mass is 289 g/mol. The Balaban J connectivity index is 2.06. The summed E-state index contributed by atoms with van der Waals surface area (Å²) in [5.74, 6) is -0.855. The van der Waals surface area contributed by atoms with Gasteiger partial charge >= 0.3 is 5.97 Å². The summed E-state index contributed by atoms with van der Waals surface area (Å²) in [4.78, 5) is 23.4. The van der Waals surface area contributed by atoms with Crippen molar-refractivity contribution in [3.63, 3.8) is 0 Å². The van der Waals surface area contributed by atoms with Crippen molar-refractivity contribution in [1.29, 1.82) is 0 Å². The molecule has 4 nitrogen and oxygen atoms in total. The maximum Gasteiger partial charge on any atom is 0.305 e. The summed E-state index contributed by atoms with van der Waals surface area (Å²) in [6.45, 7) is 1.98. The quantitative estimate of drug-likeness (QED) is 0.874. The van der Waals surface area contributed by atoms with Gasteiger partial charge < -0.3 is 10.4 Å². The molecule has 1 aliphatic carbocycles. The smallest absolute Gasteiger partial charge is 0.305 e. The third-order valence-corrected chi connectivity index (χ3v) is 4.15. The van der Waals surface area contributed by atoms with Crippen LogP contribution in [0.4, 0.5) is 0 Å². The van der Waals surface area contributed by atoms with Gasteiger partial charge in [0.2, 0.25) is 5.91 Å². The summed E-state index contributed by atoms with van der Waals surface area (Å²) in [7, 11) is 0. The minimum Gasteiger partial charge on any atom is -0.481 e. The van der Waals surface area contributed by atoms with E-state index in [1.54, 1.807) is 0 Å². The zero-order valence-corrected chi connectivity index (χ0v) is 12.5. The number of nitrogens with one attached hydrogen (secondary N) is 1. The molecular formula is C17H23NO3. The van der Waals surface area contributed by atoms with Gasteiger partial charge in [0.05, 0.1) is 12.5 Å². The van der Waals surface area contributed by atoms with E-state index in [1.165, 1.54) is 6.42 Å². The fraction of sp³-hybridized carbons (Fsp3) is 0.529. The van der Waals surface area contributed by atoms with Crippen LogP contribution in [0.5, 0.6) is 0 Å². The average molecular weight is 289 g/mol. The van der Waals surface area contributed by atoms with Crippen molar-refractivity contribution in [2.45, 2.75) is 51.5 Å². The third kappa shape index (κ3) is 4.59. The van der Waals surface area contributed by atoms with Gasteiger partial charge in [-0.05, 0) is 25.3 Å². The molecule has 0 heterocycles. The predicted molar refractivity (Wildman–Crippen MR) is 80.9 cm³/mol. The van der Waals surface area contributed by atoms with Crippen LogP contribution in [0, 0.1) is 12.8 Å². The van der Waals surface area contributed by atoms with E-state index in [1.807, 2.05) is 31.2 Å². The fourth-order valence-electron chi connectivity index (χ4n) is 2.88. The first-order chi connectivity index (χ1) is 10.1. The van der Waals surface area contributed by atoms with E-state index < -0.39 is 12.0 Å². The largest absolute Gasteiger partial charge is 0.481 e. The first-order valence-corrected chi connectivity index (χ1v) is 7.65. The van der Waals surface area contributed by atoms with Crippen molar-refractivity contribution >= 4 is 11.9 Å². The normalized spacial score (nSPS) is 17.2. The maximum absolute atomic E-state index is 12.3. The number of hydrogen-bond donors (Lipinski definition) is 2. The van der Waals surface area contributed by atoms with Crippen molar-refractivity contribution in [2.24, 2.45) is 5.92 Å². The van der Waals surface area contributed by atoms with E-state index in [-0.39, 0.29) is 18.2 Å². The van der Waals surface area contributed by atoms with Gasteiger partial charge in [-0.15, -0.1) is 0 Å². The van der Waals surface area contributed by atoms with Crippen LogP contribution in [0.25, 0.3) is 0 Å². The number of carbonyl (C=O) groups excluding carboxylic acids is 1. The molecule has 4 heteroatoms. The topological polar surface area (TPSA) is 66.4 Å². The lowest BCUT2D eigenvalue weighted by Gasteiger charge is -2.24. The summed E-state index contributed by atoms with van der Waals surface area (Å²) < 4.78 is 0. The molecule has 21 heavy (non-hydrogen) atoms. The lowest BCUT2D eigenvalue weighted by molar-refractivity contribution is -0.138. The van der Waals surface area contributed by atoms with Crippen LogP contribution >= 0.6 is 0 Å². The molecule has 0 spiro atoms. The fourth-order valence-corrected chi connectivity index (χ4v) is 2.88. The Kier molecular flexibility index (Phi) is 5.37. The van der Waals surface area contributed by atoms with Gasteiger partial charge in [-0.3, -0.25) is 9.59 Å². The van der Waals surface area contributed by atoms with Gasteiger partial charge in [0.1, 0.15) is 0 Å². The van der Waals surface area contributed by atoms with Gasteiger partial charge in [-0.2, -0.15) is 0 Å². The second kappa shape index (κ2) is 7.25. The molecule has 1 aliphatic rings. The average Bonchev–Trinajstić information content (AvgIpc) is 2.48. The van der Waals surface area contributed by atoms with Crippen LogP contribution in [0.15, 0.2) is 24.3 Å². The molecule has 0 bridgehead atoms. The number of hydrogen-bond acceptors (Lipinski definition) is 2. The van der Waals surface area contributed by atoms with Crippen LogP contribution in [-0.2, 0) is 9.59 Å². The number of amides is 1. The van der Waals surface area contributed by atoms with E-state index in [0.29, 0.717) is 0 Å². The Morgan fingerprint density at radius 1 is 1.19 bits per heavy atom. The number of carboxylic acids is 1. The molecular weight excluding hydrogens is 266 g/mol. The zero-order valence-electron chi connectivity index (χ0n) is 12.5. The molecule has 114 valence electrons. The molecule has 0 aromatic heterocycles. The molecule has 2 rings (SSSR count). The molecule has 1 aromatic carbocycles. The van der Waals surface area contributed by atoms with Crippen LogP contribution in [0.1, 0.15) is 55.7 Å². The number of rotatable bonds is 5. The maximum atomic E-state index is 12.3. The van der Waals surface area contributed by atoms with Crippen molar-refractivity contribution in [1.82, 2.24) is 5.32 Å². The van der Waals surface area contributed by atoms with Crippen LogP contribution < -0.4 is 5.32 Å². The molecule has 1 amide bonds. The molecule has 2 N–H and O–H groups in total. The van der Waals surface area contributed by atoms with E-state index >= 15 is 0 Å².